The Morgan fingerprint density at radius 1 is 1.03 bits per heavy atom. The summed E-state index contributed by atoms with van der Waals surface area (Å²) in [6.07, 6.45) is 0. The van der Waals surface area contributed by atoms with Crippen molar-refractivity contribution in [3.8, 4) is 5.75 Å². The van der Waals surface area contributed by atoms with Crippen LogP contribution in [-0.4, -0.2) is 51.4 Å². The van der Waals surface area contributed by atoms with E-state index >= 15 is 0 Å². The maximum absolute atomic E-state index is 12.7. The van der Waals surface area contributed by atoms with Crippen LogP contribution in [0.4, 0.5) is 5.69 Å². The van der Waals surface area contributed by atoms with Crippen LogP contribution in [-0.2, 0) is 19.6 Å². The first kappa shape index (κ1) is 24.9. The monoisotopic (exact) mass is 488 g/mol. The number of hydrogen-bond donors (Lipinski definition) is 1. The van der Waals surface area contributed by atoms with Gasteiger partial charge in [-0.05, 0) is 36.4 Å². The van der Waals surface area contributed by atoms with Crippen LogP contribution in [0.2, 0.25) is 10.0 Å². The Bertz CT molecular complexity index is 1070. The van der Waals surface area contributed by atoms with Crippen LogP contribution in [0.1, 0.15) is 24.2 Å². The number of nitrogens with one attached hydrogen (secondary N) is 1. The van der Waals surface area contributed by atoms with Gasteiger partial charge in [-0.15, -0.1) is 0 Å². The molecule has 0 aliphatic rings. The number of benzene rings is 2. The topological polar surface area (TPSA) is 102 Å². The van der Waals surface area contributed by atoms with Crippen LogP contribution >= 0.6 is 23.2 Å². The maximum atomic E-state index is 12.7. The van der Waals surface area contributed by atoms with E-state index in [0.29, 0.717) is 16.5 Å². The third-order valence-electron chi connectivity index (χ3n) is 4.26. The zero-order valence-corrected chi connectivity index (χ0v) is 19.5. The van der Waals surface area contributed by atoms with E-state index in [9.17, 15) is 18.0 Å². The molecule has 0 radical (unpaired) electrons. The zero-order chi connectivity index (χ0) is 23.2. The summed E-state index contributed by atoms with van der Waals surface area (Å²) in [5.41, 5.74) is 0.348. The molecule has 2 aromatic rings. The smallest absolute Gasteiger partial charge is 0.338 e. The van der Waals surface area contributed by atoms with Gasteiger partial charge in [0.15, 0.2) is 6.61 Å². The number of hydrogen-bond acceptors (Lipinski definition) is 6. The molecule has 8 nitrogen and oxygen atoms in total. The van der Waals surface area contributed by atoms with Crippen molar-refractivity contribution in [2.24, 2.45) is 0 Å². The average Bonchev–Trinajstić information content (AvgIpc) is 2.73. The first-order valence-corrected chi connectivity index (χ1v) is 11.4. The van der Waals surface area contributed by atoms with Gasteiger partial charge >= 0.3 is 5.97 Å². The Labute approximate surface area is 191 Å². The zero-order valence-electron chi connectivity index (χ0n) is 17.1. The molecule has 0 aliphatic carbocycles. The van der Waals surface area contributed by atoms with E-state index in [1.807, 2.05) is 0 Å². The number of nitrogens with zero attached hydrogens (tertiary/aromatic N) is 1. The summed E-state index contributed by atoms with van der Waals surface area (Å²) in [6, 6.07) is 8.41. The summed E-state index contributed by atoms with van der Waals surface area (Å²) in [5, 5.41) is 2.83. The van der Waals surface area contributed by atoms with Gasteiger partial charge in [-0.2, -0.15) is 4.31 Å². The van der Waals surface area contributed by atoms with Gasteiger partial charge < -0.3 is 14.8 Å². The number of methoxy groups -OCH3 is 1. The second-order valence-corrected chi connectivity index (χ2v) is 8.93. The lowest BCUT2D eigenvalue weighted by Gasteiger charge is -2.19. The largest absolute Gasteiger partial charge is 0.495 e. The highest BCUT2D eigenvalue weighted by Crippen LogP contribution is 2.28. The molecule has 2 rings (SSSR count). The average molecular weight is 489 g/mol. The van der Waals surface area contributed by atoms with Gasteiger partial charge in [0, 0.05) is 18.8 Å². The van der Waals surface area contributed by atoms with E-state index in [1.165, 1.54) is 29.6 Å². The summed E-state index contributed by atoms with van der Waals surface area (Å²) in [5.74, 6) is -1.01. The number of ether oxygens (including phenoxy) is 2. The van der Waals surface area contributed by atoms with Crippen LogP contribution in [0, 0.1) is 0 Å². The van der Waals surface area contributed by atoms with Gasteiger partial charge in [0.05, 0.1) is 22.7 Å². The lowest BCUT2D eigenvalue weighted by molar-refractivity contribution is -0.119. The Balaban J connectivity index is 2.09. The first-order chi connectivity index (χ1) is 14.6. The molecule has 0 fully saturated rings. The molecule has 0 bridgehead atoms. The van der Waals surface area contributed by atoms with Gasteiger partial charge in [0.25, 0.3) is 5.91 Å². The van der Waals surface area contributed by atoms with Crippen molar-refractivity contribution in [3.63, 3.8) is 0 Å². The summed E-state index contributed by atoms with van der Waals surface area (Å²) < 4.78 is 36.7. The van der Waals surface area contributed by atoms with E-state index in [1.54, 1.807) is 26.0 Å². The highest BCUT2D eigenvalue weighted by molar-refractivity contribution is 7.89. The van der Waals surface area contributed by atoms with Crippen molar-refractivity contribution in [2.45, 2.75) is 18.7 Å². The van der Waals surface area contributed by atoms with Crippen LogP contribution in [0.15, 0.2) is 41.3 Å². The number of anilines is 1. The summed E-state index contributed by atoms with van der Waals surface area (Å²) in [7, 11) is -2.41. The molecule has 0 aliphatic heterocycles. The fourth-order valence-corrected chi connectivity index (χ4v) is 4.90. The predicted octanol–water partition coefficient (Wildman–Crippen LogP) is 3.83. The molecular formula is C20H22Cl2N2O6S. The number of esters is 1. The van der Waals surface area contributed by atoms with Crippen molar-refractivity contribution >= 4 is 50.8 Å². The third kappa shape index (κ3) is 6.10. The molecule has 1 N–H and O–H groups in total. The number of amides is 1. The van der Waals surface area contributed by atoms with Gasteiger partial charge in [-0.25, -0.2) is 13.2 Å². The lowest BCUT2D eigenvalue weighted by Crippen LogP contribution is -2.31. The summed E-state index contributed by atoms with van der Waals surface area (Å²) in [6.45, 7) is 3.31. The summed E-state index contributed by atoms with van der Waals surface area (Å²) >= 11 is 12.1. The second-order valence-electron chi connectivity index (χ2n) is 6.21. The highest BCUT2D eigenvalue weighted by Gasteiger charge is 2.26. The van der Waals surface area contributed by atoms with Gasteiger partial charge in [-0.1, -0.05) is 37.0 Å². The molecule has 11 heteroatoms. The highest BCUT2D eigenvalue weighted by atomic mass is 35.5. The standard InChI is InChI=1S/C20H22Cl2N2O6S/c1-4-24(5-2)31(27,28)18-10-13(6-8-15(18)21)20(26)30-12-19(25)23-14-7-9-17(29-3)16(22)11-14/h6-11H,4-5,12H2,1-3H3,(H,23,25). The summed E-state index contributed by atoms with van der Waals surface area (Å²) in [4.78, 5) is 24.2. The molecule has 2 aromatic carbocycles. The molecule has 0 aromatic heterocycles. The van der Waals surface area contributed by atoms with E-state index in [4.69, 9.17) is 32.7 Å². The SMILES string of the molecule is CCN(CC)S(=O)(=O)c1cc(C(=O)OCC(=O)Nc2ccc(OC)c(Cl)c2)ccc1Cl. The molecular weight excluding hydrogens is 467 g/mol. The fourth-order valence-electron chi connectivity index (χ4n) is 2.69. The van der Waals surface area contributed by atoms with E-state index in [2.05, 4.69) is 5.32 Å². The van der Waals surface area contributed by atoms with Crippen molar-refractivity contribution < 1.29 is 27.5 Å². The van der Waals surface area contributed by atoms with Crippen LogP contribution in [0.5, 0.6) is 5.75 Å². The van der Waals surface area contributed by atoms with Crippen molar-refractivity contribution in [2.75, 3.05) is 32.1 Å². The minimum absolute atomic E-state index is 0.0161. The predicted molar refractivity (Wildman–Crippen MR) is 118 cm³/mol. The number of rotatable bonds is 9. The van der Waals surface area contributed by atoms with E-state index in [-0.39, 0.29) is 28.6 Å². The fraction of sp³-hybridized carbons (Fsp3) is 0.300. The van der Waals surface area contributed by atoms with Crippen LogP contribution in [0.25, 0.3) is 0 Å². The number of carbonyl (C=O) groups is 2. The van der Waals surface area contributed by atoms with Crippen LogP contribution in [0.3, 0.4) is 0 Å². The van der Waals surface area contributed by atoms with Gasteiger partial charge in [-0.3, -0.25) is 4.79 Å². The normalized spacial score (nSPS) is 11.3. The Morgan fingerprint density at radius 2 is 1.71 bits per heavy atom. The van der Waals surface area contributed by atoms with E-state index in [0.717, 1.165) is 6.07 Å². The Kier molecular flexibility index (Phi) is 8.69. The molecule has 0 heterocycles. The molecule has 1 amide bonds. The molecule has 0 unspecified atom stereocenters. The molecule has 0 saturated carbocycles. The second kappa shape index (κ2) is 10.8. The van der Waals surface area contributed by atoms with Crippen molar-refractivity contribution in [3.05, 3.63) is 52.0 Å². The number of carbonyl (C=O) groups excluding carboxylic acids is 2. The quantitative estimate of drug-likeness (QED) is 0.538. The molecule has 0 spiro atoms. The molecule has 168 valence electrons. The number of sulfonamides is 1. The van der Waals surface area contributed by atoms with Crippen molar-refractivity contribution in [1.29, 1.82) is 0 Å². The lowest BCUT2D eigenvalue weighted by atomic mass is 10.2. The third-order valence-corrected chi connectivity index (χ3v) is 7.09. The number of halogens is 2. The Morgan fingerprint density at radius 3 is 2.29 bits per heavy atom. The maximum Gasteiger partial charge on any atom is 0.338 e. The van der Waals surface area contributed by atoms with Crippen molar-refractivity contribution in [1.82, 2.24) is 4.31 Å². The minimum Gasteiger partial charge on any atom is -0.495 e. The molecule has 0 saturated heterocycles. The minimum atomic E-state index is -3.88. The first-order valence-electron chi connectivity index (χ1n) is 9.24. The molecule has 31 heavy (non-hydrogen) atoms. The Hall–Kier alpha value is -2.33. The van der Waals surface area contributed by atoms with Crippen LogP contribution < -0.4 is 10.1 Å². The van der Waals surface area contributed by atoms with E-state index < -0.39 is 28.5 Å². The van der Waals surface area contributed by atoms with Gasteiger partial charge in [0.1, 0.15) is 10.6 Å². The van der Waals surface area contributed by atoms with Gasteiger partial charge in [0.2, 0.25) is 10.0 Å². The molecule has 0 atom stereocenters.